The molecule has 21 heavy (non-hydrogen) atoms. The summed E-state index contributed by atoms with van der Waals surface area (Å²) in [6.07, 6.45) is -0.669. The Labute approximate surface area is 116 Å². The van der Waals surface area contributed by atoms with Gasteiger partial charge in [0, 0.05) is 18.5 Å². The molecule has 1 aromatic carbocycles. The Balaban J connectivity index is 2.44. The molecule has 0 amide bonds. The van der Waals surface area contributed by atoms with Gasteiger partial charge in [0.25, 0.3) is 5.69 Å². The van der Waals surface area contributed by atoms with Gasteiger partial charge in [-0.3, -0.25) is 20.1 Å². The number of halogens is 3. The highest BCUT2D eigenvalue weighted by atomic mass is 19.4. The molecular weight excluding hydrogens is 287 g/mol. The van der Waals surface area contributed by atoms with Crippen molar-refractivity contribution in [3.05, 3.63) is 64.0 Å². The molecular formula is C13H8F3N3O2. The van der Waals surface area contributed by atoms with Gasteiger partial charge in [0.2, 0.25) is 0 Å². The standard InChI is InChI=1S/C13H8F3N3O2/c14-13(15,16)10-3-4-12(19(20)21)9(6-10)7-18-11-2-1-5-17-8-11/h1-8H/b18-7-. The van der Waals surface area contributed by atoms with Crippen LogP contribution in [0.1, 0.15) is 11.1 Å². The van der Waals surface area contributed by atoms with Gasteiger partial charge in [-0.25, -0.2) is 0 Å². The van der Waals surface area contributed by atoms with Crippen molar-refractivity contribution in [3.63, 3.8) is 0 Å². The summed E-state index contributed by atoms with van der Waals surface area (Å²) in [5, 5.41) is 10.8. The predicted octanol–water partition coefficient (Wildman–Crippen LogP) is 3.76. The van der Waals surface area contributed by atoms with Crippen molar-refractivity contribution >= 4 is 17.6 Å². The number of alkyl halides is 3. The number of rotatable bonds is 3. The number of nitrogens with zero attached hydrogens (tertiary/aromatic N) is 3. The van der Waals surface area contributed by atoms with E-state index in [9.17, 15) is 23.3 Å². The van der Waals surface area contributed by atoms with Gasteiger partial charge in [0.1, 0.15) is 0 Å². The van der Waals surface area contributed by atoms with Crippen molar-refractivity contribution in [2.24, 2.45) is 4.99 Å². The van der Waals surface area contributed by atoms with Gasteiger partial charge in [-0.15, -0.1) is 0 Å². The fourth-order valence-corrected chi connectivity index (χ4v) is 1.57. The maximum Gasteiger partial charge on any atom is 0.416 e. The van der Waals surface area contributed by atoms with Gasteiger partial charge in [-0.2, -0.15) is 13.2 Å². The van der Waals surface area contributed by atoms with Crippen LogP contribution in [0.15, 0.2) is 47.7 Å². The minimum Gasteiger partial charge on any atom is -0.262 e. The molecule has 0 bridgehead atoms. The summed E-state index contributed by atoms with van der Waals surface area (Å²) in [6, 6.07) is 5.33. The summed E-state index contributed by atoms with van der Waals surface area (Å²) < 4.78 is 37.9. The van der Waals surface area contributed by atoms with E-state index in [2.05, 4.69) is 9.98 Å². The molecule has 108 valence electrons. The van der Waals surface area contributed by atoms with Crippen LogP contribution < -0.4 is 0 Å². The number of hydrogen-bond acceptors (Lipinski definition) is 4. The Morgan fingerprint density at radius 2 is 2.05 bits per heavy atom. The van der Waals surface area contributed by atoms with E-state index in [1.165, 1.54) is 12.4 Å². The third-order valence-corrected chi connectivity index (χ3v) is 2.55. The summed E-state index contributed by atoms with van der Waals surface area (Å²) in [5.74, 6) is 0. The number of nitro benzene ring substituents is 1. The van der Waals surface area contributed by atoms with Crippen LogP contribution in [0.25, 0.3) is 0 Å². The fourth-order valence-electron chi connectivity index (χ4n) is 1.57. The minimum atomic E-state index is -4.58. The SMILES string of the molecule is O=[N+]([O-])c1ccc(C(F)(F)F)cc1/C=N\c1cccnc1. The van der Waals surface area contributed by atoms with Crippen molar-refractivity contribution in [2.45, 2.75) is 6.18 Å². The minimum absolute atomic E-state index is 0.223. The lowest BCUT2D eigenvalue weighted by atomic mass is 10.1. The lowest BCUT2D eigenvalue weighted by Crippen LogP contribution is -2.06. The van der Waals surface area contributed by atoms with Crippen LogP contribution >= 0.6 is 0 Å². The molecule has 1 aromatic heterocycles. The molecule has 0 aliphatic carbocycles. The highest BCUT2D eigenvalue weighted by Crippen LogP contribution is 2.32. The second-order valence-electron chi connectivity index (χ2n) is 4.00. The topological polar surface area (TPSA) is 68.4 Å². The first-order valence-electron chi connectivity index (χ1n) is 5.67. The maximum atomic E-state index is 12.6. The van der Waals surface area contributed by atoms with Crippen LogP contribution in [0, 0.1) is 10.1 Å². The fraction of sp³-hybridized carbons (Fsp3) is 0.0769. The molecule has 5 nitrogen and oxygen atoms in total. The average molecular weight is 295 g/mol. The van der Waals surface area contributed by atoms with Crippen molar-refractivity contribution in [1.29, 1.82) is 0 Å². The molecule has 0 unspecified atom stereocenters. The molecule has 0 spiro atoms. The van der Waals surface area contributed by atoms with Crippen LogP contribution in [0.4, 0.5) is 24.5 Å². The van der Waals surface area contributed by atoms with Crippen molar-refractivity contribution in [3.8, 4) is 0 Å². The number of nitro groups is 1. The van der Waals surface area contributed by atoms with Crippen molar-refractivity contribution in [2.75, 3.05) is 0 Å². The Hall–Kier alpha value is -2.77. The second kappa shape index (κ2) is 5.70. The average Bonchev–Trinajstić information content (AvgIpc) is 2.45. The highest BCUT2D eigenvalue weighted by molar-refractivity contribution is 5.87. The largest absolute Gasteiger partial charge is 0.416 e. The summed E-state index contributed by atoms with van der Waals surface area (Å²) >= 11 is 0. The zero-order valence-corrected chi connectivity index (χ0v) is 10.4. The molecule has 0 saturated carbocycles. The summed E-state index contributed by atoms with van der Waals surface area (Å²) in [5.41, 5.74) is -1.26. The van der Waals surface area contributed by atoms with Crippen LogP contribution in [-0.4, -0.2) is 16.1 Å². The molecule has 0 radical (unpaired) electrons. The first-order valence-corrected chi connectivity index (χ1v) is 5.67. The second-order valence-corrected chi connectivity index (χ2v) is 4.00. The number of benzene rings is 1. The zero-order chi connectivity index (χ0) is 15.5. The smallest absolute Gasteiger partial charge is 0.262 e. The molecule has 2 rings (SSSR count). The number of aromatic nitrogens is 1. The Morgan fingerprint density at radius 3 is 2.62 bits per heavy atom. The molecule has 0 saturated heterocycles. The first-order chi connectivity index (χ1) is 9.88. The Morgan fingerprint density at radius 1 is 1.29 bits per heavy atom. The van der Waals surface area contributed by atoms with Crippen LogP contribution in [-0.2, 0) is 6.18 Å². The van der Waals surface area contributed by atoms with Gasteiger partial charge in [0.05, 0.1) is 27.9 Å². The van der Waals surface area contributed by atoms with Crippen molar-refractivity contribution < 1.29 is 18.1 Å². The van der Waals surface area contributed by atoms with E-state index < -0.39 is 22.4 Å². The van der Waals surface area contributed by atoms with Gasteiger partial charge in [-0.05, 0) is 24.3 Å². The number of pyridine rings is 1. The molecule has 2 aromatic rings. The molecule has 0 atom stereocenters. The molecule has 0 aliphatic heterocycles. The Kier molecular flexibility index (Phi) is 3.97. The van der Waals surface area contributed by atoms with Crippen molar-refractivity contribution in [1.82, 2.24) is 4.98 Å². The van der Waals surface area contributed by atoms with Crippen LogP contribution in [0.2, 0.25) is 0 Å². The molecule has 0 aliphatic rings. The van der Waals surface area contributed by atoms with Gasteiger partial charge < -0.3 is 0 Å². The monoisotopic (exact) mass is 295 g/mol. The number of hydrogen-bond donors (Lipinski definition) is 0. The number of aliphatic imine (C=N–C) groups is 1. The van der Waals surface area contributed by atoms with E-state index in [-0.39, 0.29) is 5.56 Å². The lowest BCUT2D eigenvalue weighted by molar-refractivity contribution is -0.385. The lowest BCUT2D eigenvalue weighted by Gasteiger charge is -2.07. The molecule has 0 fully saturated rings. The molecule has 8 heteroatoms. The van der Waals surface area contributed by atoms with Gasteiger partial charge in [-0.1, -0.05) is 0 Å². The Bertz CT molecular complexity index is 685. The van der Waals surface area contributed by atoms with E-state index in [1.54, 1.807) is 12.1 Å². The normalized spacial score (nSPS) is 11.8. The molecule has 0 N–H and O–H groups in total. The van der Waals surface area contributed by atoms with E-state index >= 15 is 0 Å². The summed E-state index contributed by atoms with van der Waals surface area (Å²) in [6.45, 7) is 0. The maximum absolute atomic E-state index is 12.6. The summed E-state index contributed by atoms with van der Waals surface area (Å²) in [7, 11) is 0. The molecule has 1 heterocycles. The van der Waals surface area contributed by atoms with E-state index in [0.29, 0.717) is 17.8 Å². The third kappa shape index (κ3) is 3.62. The quantitative estimate of drug-likeness (QED) is 0.492. The highest BCUT2D eigenvalue weighted by Gasteiger charge is 2.32. The van der Waals surface area contributed by atoms with E-state index in [1.807, 2.05) is 0 Å². The van der Waals surface area contributed by atoms with E-state index in [4.69, 9.17) is 0 Å². The van der Waals surface area contributed by atoms with E-state index in [0.717, 1.165) is 12.3 Å². The zero-order valence-electron chi connectivity index (χ0n) is 10.4. The van der Waals surface area contributed by atoms with Crippen LogP contribution in [0.5, 0.6) is 0 Å². The third-order valence-electron chi connectivity index (χ3n) is 2.55. The van der Waals surface area contributed by atoms with Gasteiger partial charge >= 0.3 is 6.18 Å². The summed E-state index contributed by atoms with van der Waals surface area (Å²) in [4.78, 5) is 17.8. The van der Waals surface area contributed by atoms with Gasteiger partial charge in [0.15, 0.2) is 0 Å². The predicted molar refractivity (Wildman–Crippen MR) is 69.6 cm³/mol. The van der Waals surface area contributed by atoms with Crippen LogP contribution in [0.3, 0.4) is 0 Å². The first kappa shape index (κ1) is 14.6.